The molecule has 0 aliphatic rings. The maximum absolute atomic E-state index is 12.7. The smallest absolute Gasteiger partial charge is 0.242 e. The number of nitrogens with two attached hydrogens (primary N) is 1. The molecule has 0 radical (unpaired) electrons. The Morgan fingerprint density at radius 3 is 2.89 bits per heavy atom. The van der Waals surface area contributed by atoms with Gasteiger partial charge in [-0.1, -0.05) is 26.3 Å². The van der Waals surface area contributed by atoms with Gasteiger partial charge in [0.05, 0.1) is 17.8 Å². The van der Waals surface area contributed by atoms with E-state index in [4.69, 9.17) is 5.73 Å². The molecule has 4 N–H and O–H groups in total. The molecular weight excluding hydrogens is 342 g/mol. The molecule has 0 fully saturated rings. The van der Waals surface area contributed by atoms with E-state index in [9.17, 15) is 4.79 Å². The van der Waals surface area contributed by atoms with Crippen LogP contribution < -0.4 is 16.4 Å². The minimum absolute atomic E-state index is 0.121. The number of carbonyl (C=O) groups excluding carboxylic acids is 1. The van der Waals surface area contributed by atoms with Crippen LogP contribution in [-0.4, -0.2) is 46.2 Å². The third kappa shape index (κ3) is 5.73. The van der Waals surface area contributed by atoms with Crippen molar-refractivity contribution in [1.82, 2.24) is 20.3 Å². The summed E-state index contributed by atoms with van der Waals surface area (Å²) < 4.78 is 0. The van der Waals surface area contributed by atoms with E-state index in [0.717, 1.165) is 18.6 Å². The highest BCUT2D eigenvalue weighted by atomic mass is 16.2. The first-order chi connectivity index (χ1) is 13.1. The molecule has 0 saturated carbocycles. The molecule has 1 amide bonds. The summed E-state index contributed by atoms with van der Waals surface area (Å²) in [5.41, 5.74) is 7.84. The topological polar surface area (TPSA) is 118 Å². The summed E-state index contributed by atoms with van der Waals surface area (Å²) in [7, 11) is 1.71. The molecule has 0 bridgehead atoms. The van der Waals surface area contributed by atoms with Crippen LogP contribution in [0.25, 0.3) is 11.0 Å². The van der Waals surface area contributed by atoms with Crippen molar-refractivity contribution in [2.24, 2.45) is 4.99 Å². The lowest BCUT2D eigenvalue weighted by Gasteiger charge is -2.19. The average molecular weight is 369 g/mol. The second kappa shape index (κ2) is 10.2. The molecule has 144 valence electrons. The maximum Gasteiger partial charge on any atom is 0.242 e. The number of amides is 1. The molecule has 1 atom stereocenters. The first-order valence-electron chi connectivity index (χ1n) is 9.13. The van der Waals surface area contributed by atoms with Crippen molar-refractivity contribution in [2.75, 3.05) is 24.6 Å². The summed E-state index contributed by atoms with van der Waals surface area (Å²) in [5, 5.41) is 6.12. The van der Waals surface area contributed by atoms with Crippen molar-refractivity contribution in [3.63, 3.8) is 0 Å². The van der Waals surface area contributed by atoms with Gasteiger partial charge in [0.15, 0.2) is 5.82 Å². The zero-order chi connectivity index (χ0) is 19.6. The largest absolute Gasteiger partial charge is 0.368 e. The molecule has 2 aromatic rings. The van der Waals surface area contributed by atoms with E-state index in [-0.39, 0.29) is 11.9 Å². The molecule has 0 spiro atoms. The molecular formula is C19H27N7O. The number of aliphatic imine (C=N–C) groups is 1. The van der Waals surface area contributed by atoms with Crippen LogP contribution in [0, 0.1) is 0 Å². The van der Waals surface area contributed by atoms with Crippen molar-refractivity contribution in [2.45, 2.75) is 39.2 Å². The van der Waals surface area contributed by atoms with Gasteiger partial charge in [-0.05, 0) is 31.1 Å². The number of hydrogen-bond donors (Lipinski definition) is 3. The van der Waals surface area contributed by atoms with Gasteiger partial charge >= 0.3 is 0 Å². The fourth-order valence-corrected chi connectivity index (χ4v) is 2.58. The highest BCUT2D eigenvalue weighted by molar-refractivity contribution is 5.99. The molecule has 1 unspecified atom stereocenters. The third-order valence-corrected chi connectivity index (χ3v) is 3.95. The van der Waals surface area contributed by atoms with Crippen molar-refractivity contribution >= 4 is 34.4 Å². The molecule has 8 nitrogen and oxygen atoms in total. The highest BCUT2D eigenvalue weighted by Gasteiger charge is 2.20. The standard InChI is InChI=1S/C19H27N7O/c1-4-6-9-13(21-3)12-23-18(27)15(8-5-2)24-17-16-14(10-7-11-22-16)25-19(20)26-17/h6-7,9-11,15H,4-5,8,12H2,1-3H3,(H,23,27)(H3,20,24,25,26)/b9-6-,21-13?. The molecule has 27 heavy (non-hydrogen) atoms. The summed E-state index contributed by atoms with van der Waals surface area (Å²) in [6.07, 6.45) is 7.99. The Labute approximate surface area is 159 Å². The monoisotopic (exact) mass is 369 g/mol. The lowest BCUT2D eigenvalue weighted by Crippen LogP contribution is -2.41. The van der Waals surface area contributed by atoms with Gasteiger partial charge in [-0.15, -0.1) is 0 Å². The fourth-order valence-electron chi connectivity index (χ4n) is 2.58. The Morgan fingerprint density at radius 2 is 2.19 bits per heavy atom. The zero-order valence-corrected chi connectivity index (χ0v) is 16.1. The second-order valence-electron chi connectivity index (χ2n) is 6.03. The summed E-state index contributed by atoms with van der Waals surface area (Å²) in [5.74, 6) is 0.477. The van der Waals surface area contributed by atoms with Crippen LogP contribution in [0.5, 0.6) is 0 Å². The first kappa shape index (κ1) is 20.3. The number of allylic oxidation sites excluding steroid dienone is 1. The minimum atomic E-state index is -0.456. The van der Waals surface area contributed by atoms with Gasteiger partial charge in [0.2, 0.25) is 11.9 Å². The Morgan fingerprint density at radius 1 is 1.37 bits per heavy atom. The summed E-state index contributed by atoms with van der Waals surface area (Å²) in [6.45, 7) is 4.45. The fraction of sp³-hybridized carbons (Fsp3) is 0.421. The van der Waals surface area contributed by atoms with Crippen molar-refractivity contribution in [3.05, 3.63) is 30.5 Å². The molecule has 0 aliphatic heterocycles. The number of hydrogen-bond acceptors (Lipinski definition) is 7. The number of nitrogen functional groups attached to an aromatic ring is 1. The molecule has 8 heteroatoms. The number of rotatable bonds is 9. The zero-order valence-electron chi connectivity index (χ0n) is 16.1. The number of pyridine rings is 1. The Kier molecular flexibility index (Phi) is 7.66. The van der Waals surface area contributed by atoms with E-state index in [1.54, 1.807) is 19.3 Å². The van der Waals surface area contributed by atoms with E-state index >= 15 is 0 Å². The summed E-state index contributed by atoms with van der Waals surface area (Å²) in [6, 6.07) is 3.14. The van der Waals surface area contributed by atoms with Crippen LogP contribution >= 0.6 is 0 Å². The first-order valence-corrected chi connectivity index (χ1v) is 9.13. The lowest BCUT2D eigenvalue weighted by molar-refractivity contribution is -0.121. The average Bonchev–Trinajstić information content (AvgIpc) is 2.67. The van der Waals surface area contributed by atoms with Gasteiger partial charge in [-0.3, -0.25) is 14.8 Å². The van der Waals surface area contributed by atoms with E-state index in [0.29, 0.717) is 29.8 Å². The number of nitrogens with one attached hydrogen (secondary N) is 2. The number of fused-ring (bicyclic) bond motifs is 1. The molecule has 0 saturated heterocycles. The van der Waals surface area contributed by atoms with Gasteiger partial charge in [0.1, 0.15) is 11.6 Å². The second-order valence-corrected chi connectivity index (χ2v) is 6.03. The van der Waals surface area contributed by atoms with Crippen molar-refractivity contribution in [1.29, 1.82) is 0 Å². The normalized spacial score (nSPS) is 13.1. The molecule has 0 aromatic carbocycles. The van der Waals surface area contributed by atoms with E-state index < -0.39 is 6.04 Å². The quantitative estimate of drug-likeness (QED) is 0.584. The van der Waals surface area contributed by atoms with Crippen molar-refractivity contribution < 1.29 is 4.79 Å². The summed E-state index contributed by atoms with van der Waals surface area (Å²) >= 11 is 0. The predicted molar refractivity (Wildman–Crippen MR) is 110 cm³/mol. The molecule has 2 aromatic heterocycles. The molecule has 2 heterocycles. The van der Waals surface area contributed by atoms with E-state index in [1.807, 2.05) is 25.1 Å². The van der Waals surface area contributed by atoms with E-state index in [1.165, 1.54) is 0 Å². The molecule has 0 aliphatic carbocycles. The Balaban J connectivity index is 2.16. The van der Waals surface area contributed by atoms with Crippen LogP contribution in [0.15, 0.2) is 35.5 Å². The SMILES string of the molecule is CC/C=C\C(CNC(=O)C(CCC)Nc1nc(N)nc2cccnc12)=NC. The lowest BCUT2D eigenvalue weighted by atomic mass is 10.1. The van der Waals surface area contributed by atoms with Crippen LogP contribution in [0.2, 0.25) is 0 Å². The number of anilines is 2. The minimum Gasteiger partial charge on any atom is -0.368 e. The Bertz CT molecular complexity index is 832. The number of aromatic nitrogens is 3. The van der Waals surface area contributed by atoms with Crippen LogP contribution in [0.3, 0.4) is 0 Å². The van der Waals surface area contributed by atoms with Crippen molar-refractivity contribution in [3.8, 4) is 0 Å². The van der Waals surface area contributed by atoms with Gasteiger partial charge in [0, 0.05) is 13.2 Å². The van der Waals surface area contributed by atoms with Gasteiger partial charge in [0.25, 0.3) is 0 Å². The maximum atomic E-state index is 12.7. The Hall–Kier alpha value is -3.03. The van der Waals surface area contributed by atoms with Crippen LogP contribution in [-0.2, 0) is 4.79 Å². The predicted octanol–water partition coefficient (Wildman–Crippen LogP) is 2.34. The van der Waals surface area contributed by atoms with E-state index in [2.05, 4.69) is 37.5 Å². The number of carbonyl (C=O) groups is 1. The third-order valence-electron chi connectivity index (χ3n) is 3.95. The number of nitrogens with zero attached hydrogens (tertiary/aromatic N) is 4. The summed E-state index contributed by atoms with van der Waals surface area (Å²) in [4.78, 5) is 29.6. The van der Waals surface area contributed by atoms with Crippen LogP contribution in [0.4, 0.5) is 11.8 Å². The van der Waals surface area contributed by atoms with Gasteiger partial charge < -0.3 is 16.4 Å². The van der Waals surface area contributed by atoms with Crippen LogP contribution in [0.1, 0.15) is 33.1 Å². The highest BCUT2D eigenvalue weighted by Crippen LogP contribution is 2.20. The van der Waals surface area contributed by atoms with Gasteiger partial charge in [-0.25, -0.2) is 4.98 Å². The molecule has 2 rings (SSSR count). The van der Waals surface area contributed by atoms with Gasteiger partial charge in [-0.2, -0.15) is 4.98 Å².